The zero-order valence-corrected chi connectivity index (χ0v) is 15.1. The van der Waals surface area contributed by atoms with E-state index in [1.54, 1.807) is 33.5 Å². The number of benzene rings is 2. The number of nitrogens with one attached hydrogen (secondary N) is 1. The molecule has 7 nitrogen and oxygen atoms in total. The summed E-state index contributed by atoms with van der Waals surface area (Å²) in [5.41, 5.74) is 2.78. The Bertz CT molecular complexity index is 890. The number of rotatable bonds is 6. The van der Waals surface area contributed by atoms with Crippen molar-refractivity contribution in [3.8, 4) is 28.6 Å². The Hall–Kier alpha value is -3.35. The highest BCUT2D eigenvalue weighted by atomic mass is 16.5. The molecule has 0 saturated carbocycles. The minimum absolute atomic E-state index is 0.422. The van der Waals surface area contributed by atoms with Crippen LogP contribution in [0.4, 0.5) is 11.6 Å². The van der Waals surface area contributed by atoms with Crippen molar-refractivity contribution in [3.05, 3.63) is 48.3 Å². The van der Waals surface area contributed by atoms with E-state index in [1.807, 2.05) is 31.2 Å². The van der Waals surface area contributed by atoms with E-state index in [0.29, 0.717) is 34.7 Å². The van der Waals surface area contributed by atoms with Crippen molar-refractivity contribution < 1.29 is 14.2 Å². The minimum Gasteiger partial charge on any atom is -0.493 e. The monoisotopic (exact) mass is 352 g/mol. The molecule has 26 heavy (non-hydrogen) atoms. The molecule has 2 aromatic carbocycles. The molecule has 1 aromatic heterocycles. The van der Waals surface area contributed by atoms with Gasteiger partial charge in [0.1, 0.15) is 6.33 Å². The molecule has 0 aliphatic heterocycles. The first kappa shape index (κ1) is 17.5. The van der Waals surface area contributed by atoms with Gasteiger partial charge in [-0.3, -0.25) is 0 Å². The van der Waals surface area contributed by atoms with Gasteiger partial charge in [-0.2, -0.15) is 4.98 Å². The summed E-state index contributed by atoms with van der Waals surface area (Å²) in [4.78, 5) is 12.9. The fraction of sp³-hybridized carbons (Fsp3) is 0.211. The van der Waals surface area contributed by atoms with Gasteiger partial charge in [-0.25, -0.2) is 9.97 Å². The average Bonchev–Trinajstić information content (AvgIpc) is 2.67. The van der Waals surface area contributed by atoms with Gasteiger partial charge in [0.25, 0.3) is 0 Å². The van der Waals surface area contributed by atoms with Gasteiger partial charge in [0.15, 0.2) is 17.3 Å². The molecule has 0 bridgehead atoms. The molecule has 0 aliphatic rings. The SMILES string of the molecule is COc1cc(Nc2ncnc(-c3cccc(C)c3)n2)cc(OC)c1OC. The summed E-state index contributed by atoms with van der Waals surface area (Å²) in [5, 5.41) is 3.15. The second-order valence-electron chi connectivity index (χ2n) is 5.54. The maximum absolute atomic E-state index is 5.37. The van der Waals surface area contributed by atoms with Crippen LogP contribution in [0.1, 0.15) is 5.56 Å². The Morgan fingerprint density at radius 2 is 1.62 bits per heavy atom. The zero-order chi connectivity index (χ0) is 18.5. The Kier molecular flexibility index (Phi) is 5.17. The maximum Gasteiger partial charge on any atom is 0.230 e. The largest absolute Gasteiger partial charge is 0.493 e. The van der Waals surface area contributed by atoms with E-state index < -0.39 is 0 Å². The van der Waals surface area contributed by atoms with Gasteiger partial charge < -0.3 is 19.5 Å². The van der Waals surface area contributed by atoms with Crippen LogP contribution in [-0.2, 0) is 0 Å². The van der Waals surface area contributed by atoms with E-state index in [9.17, 15) is 0 Å². The predicted octanol–water partition coefficient (Wildman–Crippen LogP) is 3.62. The molecule has 0 amide bonds. The van der Waals surface area contributed by atoms with Crippen LogP contribution in [-0.4, -0.2) is 36.3 Å². The fourth-order valence-electron chi connectivity index (χ4n) is 2.56. The molecule has 0 atom stereocenters. The molecule has 0 saturated heterocycles. The molecule has 0 fully saturated rings. The summed E-state index contributed by atoms with van der Waals surface area (Å²) in [6, 6.07) is 11.6. The van der Waals surface area contributed by atoms with Crippen molar-refractivity contribution in [1.82, 2.24) is 15.0 Å². The Morgan fingerprint density at radius 1 is 0.885 bits per heavy atom. The maximum atomic E-state index is 5.37. The minimum atomic E-state index is 0.422. The third kappa shape index (κ3) is 3.66. The van der Waals surface area contributed by atoms with Crippen molar-refractivity contribution in [2.45, 2.75) is 6.92 Å². The number of ether oxygens (including phenoxy) is 3. The van der Waals surface area contributed by atoms with Crippen molar-refractivity contribution in [2.24, 2.45) is 0 Å². The van der Waals surface area contributed by atoms with Gasteiger partial charge in [0.05, 0.1) is 21.3 Å². The fourth-order valence-corrected chi connectivity index (χ4v) is 2.56. The first-order chi connectivity index (χ1) is 12.6. The quantitative estimate of drug-likeness (QED) is 0.726. The van der Waals surface area contributed by atoms with E-state index in [-0.39, 0.29) is 0 Å². The normalized spacial score (nSPS) is 10.3. The molecule has 0 spiro atoms. The lowest BCUT2D eigenvalue weighted by Gasteiger charge is -2.14. The van der Waals surface area contributed by atoms with Gasteiger partial charge in [0, 0.05) is 23.4 Å². The lowest BCUT2D eigenvalue weighted by molar-refractivity contribution is 0.324. The smallest absolute Gasteiger partial charge is 0.230 e. The van der Waals surface area contributed by atoms with Crippen molar-refractivity contribution in [2.75, 3.05) is 26.6 Å². The van der Waals surface area contributed by atoms with E-state index in [2.05, 4.69) is 20.3 Å². The Labute approximate surface area is 152 Å². The topological polar surface area (TPSA) is 78.4 Å². The zero-order valence-electron chi connectivity index (χ0n) is 15.1. The molecule has 3 rings (SSSR count). The van der Waals surface area contributed by atoms with Gasteiger partial charge in [-0.1, -0.05) is 23.8 Å². The molecule has 3 aromatic rings. The Morgan fingerprint density at radius 3 is 2.23 bits per heavy atom. The number of hydrogen-bond acceptors (Lipinski definition) is 7. The van der Waals surface area contributed by atoms with Crippen molar-refractivity contribution in [1.29, 1.82) is 0 Å². The molecule has 0 aliphatic carbocycles. The van der Waals surface area contributed by atoms with E-state index in [1.165, 1.54) is 6.33 Å². The molecule has 134 valence electrons. The van der Waals surface area contributed by atoms with Crippen LogP contribution in [0, 0.1) is 6.92 Å². The highest BCUT2D eigenvalue weighted by Gasteiger charge is 2.14. The van der Waals surface area contributed by atoms with Crippen LogP contribution in [0.25, 0.3) is 11.4 Å². The van der Waals surface area contributed by atoms with Gasteiger partial charge in [-0.15, -0.1) is 0 Å². The first-order valence-electron chi connectivity index (χ1n) is 7.97. The lowest BCUT2D eigenvalue weighted by atomic mass is 10.1. The van der Waals surface area contributed by atoms with Crippen molar-refractivity contribution in [3.63, 3.8) is 0 Å². The summed E-state index contributed by atoms with van der Waals surface area (Å²) in [6.45, 7) is 2.03. The van der Waals surface area contributed by atoms with Crippen LogP contribution in [0.5, 0.6) is 17.2 Å². The second-order valence-corrected chi connectivity index (χ2v) is 5.54. The second kappa shape index (κ2) is 7.69. The standard InChI is InChI=1S/C19H20N4O3/c1-12-6-5-7-13(8-12)18-20-11-21-19(23-18)22-14-9-15(24-2)17(26-4)16(10-14)25-3/h5-11H,1-4H3,(H,20,21,22,23). The van der Waals surface area contributed by atoms with E-state index >= 15 is 0 Å². The summed E-state index contributed by atoms with van der Waals surface area (Å²) >= 11 is 0. The van der Waals surface area contributed by atoms with Crippen LogP contribution in [0.3, 0.4) is 0 Å². The van der Waals surface area contributed by atoms with Crippen molar-refractivity contribution >= 4 is 11.6 Å². The van der Waals surface area contributed by atoms with Gasteiger partial charge >= 0.3 is 0 Å². The number of aromatic nitrogens is 3. The molecular formula is C19H20N4O3. The molecule has 1 N–H and O–H groups in total. The summed E-state index contributed by atoms with van der Waals surface area (Å²) in [5.74, 6) is 2.63. The number of anilines is 2. The summed E-state index contributed by atoms with van der Waals surface area (Å²) in [7, 11) is 4.70. The van der Waals surface area contributed by atoms with Crippen LogP contribution in [0.15, 0.2) is 42.7 Å². The summed E-state index contributed by atoms with van der Waals surface area (Å²) in [6.07, 6.45) is 1.48. The van der Waals surface area contributed by atoms with Gasteiger partial charge in [0.2, 0.25) is 11.7 Å². The number of nitrogens with zero attached hydrogens (tertiary/aromatic N) is 3. The van der Waals surface area contributed by atoms with Crippen LogP contribution < -0.4 is 19.5 Å². The number of methoxy groups -OCH3 is 3. The van der Waals surface area contributed by atoms with E-state index in [4.69, 9.17) is 14.2 Å². The molecule has 7 heteroatoms. The molecular weight excluding hydrogens is 332 g/mol. The number of aryl methyl sites for hydroxylation is 1. The van der Waals surface area contributed by atoms with E-state index in [0.717, 1.165) is 11.1 Å². The Balaban J connectivity index is 1.93. The summed E-state index contributed by atoms with van der Waals surface area (Å²) < 4.78 is 16.1. The van der Waals surface area contributed by atoms with Gasteiger partial charge in [-0.05, 0) is 13.0 Å². The first-order valence-corrected chi connectivity index (χ1v) is 7.97. The molecule has 0 radical (unpaired) electrons. The lowest BCUT2D eigenvalue weighted by Crippen LogP contribution is -2.02. The van der Waals surface area contributed by atoms with Crippen LogP contribution in [0.2, 0.25) is 0 Å². The third-order valence-corrected chi connectivity index (χ3v) is 3.77. The van der Waals surface area contributed by atoms with Crippen LogP contribution >= 0.6 is 0 Å². The highest BCUT2D eigenvalue weighted by molar-refractivity contribution is 5.66. The average molecular weight is 352 g/mol. The third-order valence-electron chi connectivity index (χ3n) is 3.77. The number of hydrogen-bond donors (Lipinski definition) is 1. The molecule has 1 heterocycles. The predicted molar refractivity (Wildman–Crippen MR) is 99.4 cm³/mol. The highest BCUT2D eigenvalue weighted by Crippen LogP contribution is 2.40. The molecule has 0 unspecified atom stereocenters.